The molecular weight excluding hydrogens is 590 g/mol. The van der Waals surface area contributed by atoms with Crippen LogP contribution in [0.2, 0.25) is 0 Å². The number of rotatable bonds is 12. The van der Waals surface area contributed by atoms with Gasteiger partial charge in [0.1, 0.15) is 54.9 Å². The fraction of sp³-hybridized carbons (Fsp3) is 0.917. The number of methoxy groups -OCH3 is 1. The number of hydrogen-bond donors (Lipinski definition) is 11. The zero-order chi connectivity index (χ0) is 32.2. The van der Waals surface area contributed by atoms with Gasteiger partial charge in [0.2, 0.25) is 5.91 Å². The van der Waals surface area contributed by atoms with Crippen molar-refractivity contribution in [3.63, 3.8) is 0 Å². The molecule has 19 nitrogen and oxygen atoms in total. The minimum absolute atomic E-state index is 0.112. The van der Waals surface area contributed by atoms with Crippen molar-refractivity contribution >= 4 is 11.9 Å². The van der Waals surface area contributed by atoms with Crippen molar-refractivity contribution in [3.8, 4) is 0 Å². The molecule has 0 aromatic rings. The molecular formula is C24H41NO18. The summed E-state index contributed by atoms with van der Waals surface area (Å²) in [5.74, 6) is -5.61. The molecule has 250 valence electrons. The number of aliphatic hydroxyl groups excluding tert-OH is 9. The summed E-state index contributed by atoms with van der Waals surface area (Å²) in [6, 6.07) is -1.50. The molecule has 0 spiro atoms. The Kier molecular flexibility index (Phi) is 12.6. The molecule has 3 fully saturated rings. The van der Waals surface area contributed by atoms with Gasteiger partial charge in [-0.05, 0) is 0 Å². The van der Waals surface area contributed by atoms with Gasteiger partial charge in [0.25, 0.3) is 5.79 Å². The number of carbonyl (C=O) groups is 2. The molecule has 0 aliphatic carbocycles. The van der Waals surface area contributed by atoms with Crippen molar-refractivity contribution in [2.75, 3.05) is 26.9 Å². The lowest BCUT2D eigenvalue weighted by Crippen LogP contribution is -2.70. The van der Waals surface area contributed by atoms with Crippen LogP contribution in [0.4, 0.5) is 0 Å². The van der Waals surface area contributed by atoms with Crippen LogP contribution < -0.4 is 5.32 Å². The zero-order valence-corrected chi connectivity index (χ0v) is 23.4. The quantitative estimate of drug-likeness (QED) is 0.0953. The molecule has 0 aromatic heterocycles. The molecule has 19 heteroatoms. The summed E-state index contributed by atoms with van der Waals surface area (Å²) < 4.78 is 32.8. The van der Waals surface area contributed by atoms with Crippen LogP contribution in [0.25, 0.3) is 0 Å². The highest BCUT2D eigenvalue weighted by molar-refractivity contribution is 5.76. The van der Waals surface area contributed by atoms with E-state index in [-0.39, 0.29) is 6.42 Å². The van der Waals surface area contributed by atoms with E-state index in [2.05, 4.69) is 5.32 Å². The van der Waals surface area contributed by atoms with Crippen LogP contribution in [0.1, 0.15) is 19.8 Å². The largest absolute Gasteiger partial charge is 0.477 e. The summed E-state index contributed by atoms with van der Waals surface area (Å²) in [7, 11) is 1.31. The fourth-order valence-corrected chi connectivity index (χ4v) is 5.31. The summed E-state index contributed by atoms with van der Waals surface area (Å²) in [4.78, 5) is 24.3. The van der Waals surface area contributed by atoms with E-state index >= 15 is 0 Å². The Labute approximate surface area is 245 Å². The van der Waals surface area contributed by atoms with Crippen molar-refractivity contribution < 1.29 is 89.1 Å². The topological polar surface area (TPSA) is 304 Å². The number of ether oxygens (including phenoxy) is 6. The van der Waals surface area contributed by atoms with E-state index in [4.69, 9.17) is 28.4 Å². The second-order valence-electron chi connectivity index (χ2n) is 10.6. The molecule has 3 aliphatic rings. The predicted molar refractivity (Wildman–Crippen MR) is 133 cm³/mol. The first-order valence-electron chi connectivity index (χ1n) is 13.5. The SMILES string of the molecule is CO[C@@H]1C[C@@H](O)[C@@H](O[C@@H]2O[C@H](CO)[C@H](O)[C@H](O[C@]3(C(=O)O)C[C@H](O)[C@@H](NC(C)=O)[C@H]([C@H](O)[C@H](O)CO)O3)[C@H]2O)[C@@H](CO)O1. The van der Waals surface area contributed by atoms with Crippen LogP contribution in [0.5, 0.6) is 0 Å². The van der Waals surface area contributed by atoms with Gasteiger partial charge in [-0.15, -0.1) is 0 Å². The molecule has 0 unspecified atom stereocenters. The zero-order valence-electron chi connectivity index (χ0n) is 23.4. The Morgan fingerprint density at radius 1 is 0.977 bits per heavy atom. The van der Waals surface area contributed by atoms with Crippen LogP contribution in [-0.4, -0.2) is 181 Å². The van der Waals surface area contributed by atoms with E-state index in [0.29, 0.717) is 0 Å². The first-order valence-corrected chi connectivity index (χ1v) is 13.5. The van der Waals surface area contributed by atoms with Crippen LogP contribution in [-0.2, 0) is 38.0 Å². The summed E-state index contributed by atoms with van der Waals surface area (Å²) in [5, 5.41) is 105. The number of aliphatic hydroxyl groups is 9. The maximum absolute atomic E-state index is 12.6. The van der Waals surface area contributed by atoms with Gasteiger partial charge in [-0.3, -0.25) is 4.79 Å². The van der Waals surface area contributed by atoms with Gasteiger partial charge < -0.3 is 84.8 Å². The van der Waals surface area contributed by atoms with Gasteiger partial charge in [-0.1, -0.05) is 0 Å². The van der Waals surface area contributed by atoms with Crippen LogP contribution in [0.15, 0.2) is 0 Å². The molecule has 0 aromatic carbocycles. The molecule has 0 radical (unpaired) electrons. The minimum atomic E-state index is -2.96. The van der Waals surface area contributed by atoms with E-state index in [1.54, 1.807) is 0 Å². The number of carboxylic acid groups (broad SMARTS) is 1. The van der Waals surface area contributed by atoms with Gasteiger partial charge in [0.15, 0.2) is 12.6 Å². The average molecular weight is 632 g/mol. The molecule has 11 N–H and O–H groups in total. The maximum atomic E-state index is 12.6. The van der Waals surface area contributed by atoms with E-state index in [1.165, 1.54) is 7.11 Å². The van der Waals surface area contributed by atoms with Crippen molar-refractivity contribution in [2.45, 2.75) is 111 Å². The van der Waals surface area contributed by atoms with Crippen molar-refractivity contribution in [3.05, 3.63) is 0 Å². The van der Waals surface area contributed by atoms with E-state index in [0.717, 1.165) is 6.92 Å². The number of carboxylic acids is 1. The van der Waals surface area contributed by atoms with Gasteiger partial charge >= 0.3 is 5.97 Å². The third kappa shape index (κ3) is 7.77. The van der Waals surface area contributed by atoms with Crippen molar-refractivity contribution in [2.24, 2.45) is 0 Å². The summed E-state index contributed by atoms with van der Waals surface area (Å²) >= 11 is 0. The first-order chi connectivity index (χ1) is 20.2. The number of aliphatic carboxylic acids is 1. The Morgan fingerprint density at radius 3 is 2.16 bits per heavy atom. The lowest BCUT2D eigenvalue weighted by atomic mass is 9.88. The smallest absolute Gasteiger partial charge is 0.364 e. The molecule has 0 bridgehead atoms. The first kappa shape index (κ1) is 35.8. The Balaban J connectivity index is 1.93. The van der Waals surface area contributed by atoms with Crippen LogP contribution in [0, 0.1) is 0 Å². The lowest BCUT2D eigenvalue weighted by Gasteiger charge is -2.50. The molecule has 3 aliphatic heterocycles. The van der Waals surface area contributed by atoms with Crippen molar-refractivity contribution in [1.29, 1.82) is 0 Å². The standard InChI is InChI=1S/C24H41NO18/c1-8(29)25-15-10(31)4-24(23(36)37,42-20(15)16(33)11(32)5-26)43-21-17(34)12(6-27)40-22(18(21)35)41-19-9(30)3-14(38-2)39-13(19)7-28/h9-22,26-28,30-35H,3-7H2,1-2H3,(H,25,29)(H,36,37)/t9-,10+,11-,12-,13-,14+,15-,16-,17+,18-,19-,20-,21+,22+,24+/m1/s1. The average Bonchev–Trinajstić information content (AvgIpc) is 2.97. The highest BCUT2D eigenvalue weighted by atomic mass is 16.8. The van der Waals surface area contributed by atoms with E-state index in [9.17, 15) is 60.7 Å². The van der Waals surface area contributed by atoms with Crippen LogP contribution in [0.3, 0.4) is 0 Å². The third-order valence-electron chi connectivity index (χ3n) is 7.58. The molecule has 3 rings (SSSR count). The number of hydrogen-bond acceptors (Lipinski definition) is 17. The summed E-state index contributed by atoms with van der Waals surface area (Å²) in [6.07, 6.45) is -22.9. The van der Waals surface area contributed by atoms with Gasteiger partial charge in [-0.25, -0.2) is 4.79 Å². The van der Waals surface area contributed by atoms with Crippen LogP contribution >= 0.6 is 0 Å². The molecule has 0 saturated carbocycles. The number of nitrogens with one attached hydrogen (secondary N) is 1. The molecule has 3 saturated heterocycles. The third-order valence-corrected chi connectivity index (χ3v) is 7.58. The monoisotopic (exact) mass is 631 g/mol. The second kappa shape index (κ2) is 15.1. The lowest BCUT2D eigenvalue weighted by molar-refractivity contribution is -0.381. The maximum Gasteiger partial charge on any atom is 0.364 e. The highest BCUT2D eigenvalue weighted by Gasteiger charge is 2.59. The minimum Gasteiger partial charge on any atom is -0.477 e. The predicted octanol–water partition coefficient (Wildman–Crippen LogP) is -6.54. The Hall–Kier alpha value is -1.66. The Bertz CT molecular complexity index is 929. The number of carbonyl (C=O) groups excluding carboxylic acids is 1. The molecule has 15 atom stereocenters. The molecule has 3 heterocycles. The van der Waals surface area contributed by atoms with E-state index < -0.39 is 130 Å². The normalized spacial score (nSPS) is 43.5. The number of amides is 1. The highest BCUT2D eigenvalue weighted by Crippen LogP contribution is 2.38. The summed E-state index contributed by atoms with van der Waals surface area (Å²) in [6.45, 7) is -1.52. The van der Waals surface area contributed by atoms with Gasteiger partial charge in [0.05, 0.1) is 38.1 Å². The van der Waals surface area contributed by atoms with Gasteiger partial charge in [0, 0.05) is 26.9 Å². The van der Waals surface area contributed by atoms with Crippen molar-refractivity contribution in [1.82, 2.24) is 5.32 Å². The second-order valence-corrected chi connectivity index (χ2v) is 10.6. The fourth-order valence-electron chi connectivity index (χ4n) is 5.31. The van der Waals surface area contributed by atoms with E-state index in [1.807, 2.05) is 0 Å². The Morgan fingerprint density at radius 2 is 1.63 bits per heavy atom. The molecule has 43 heavy (non-hydrogen) atoms. The van der Waals surface area contributed by atoms with Gasteiger partial charge in [-0.2, -0.15) is 0 Å². The molecule has 1 amide bonds. The summed E-state index contributed by atoms with van der Waals surface area (Å²) in [5.41, 5.74) is 0.